The number of carbonyl (C=O) groups is 1. The summed E-state index contributed by atoms with van der Waals surface area (Å²) in [6.07, 6.45) is 0.841. The molecule has 0 bridgehead atoms. The van der Waals surface area contributed by atoms with Crippen molar-refractivity contribution in [1.82, 2.24) is 5.32 Å². The molecule has 0 spiro atoms. The third-order valence-electron chi connectivity index (χ3n) is 3.13. The fraction of sp³-hybridized carbons (Fsp3) is 0.235. The van der Waals surface area contributed by atoms with E-state index in [0.29, 0.717) is 5.75 Å². The van der Waals surface area contributed by atoms with Crippen LogP contribution in [0.3, 0.4) is 0 Å². The highest BCUT2D eigenvalue weighted by molar-refractivity contribution is 9.10. The number of amides is 1. The van der Waals surface area contributed by atoms with Crippen molar-refractivity contribution in [2.45, 2.75) is 19.4 Å². The highest BCUT2D eigenvalue weighted by atomic mass is 79.9. The third kappa shape index (κ3) is 4.90. The lowest BCUT2D eigenvalue weighted by molar-refractivity contribution is -0.123. The van der Waals surface area contributed by atoms with Crippen molar-refractivity contribution in [3.05, 3.63) is 64.6 Å². The lowest BCUT2D eigenvalue weighted by Crippen LogP contribution is -2.32. The highest BCUT2D eigenvalue weighted by Gasteiger charge is 2.12. The third-order valence-corrected chi connectivity index (χ3v) is 3.66. The second kappa shape index (κ2) is 7.84. The summed E-state index contributed by atoms with van der Waals surface area (Å²) in [4.78, 5) is 12.0. The zero-order valence-electron chi connectivity index (χ0n) is 11.9. The van der Waals surface area contributed by atoms with Crippen molar-refractivity contribution in [2.24, 2.45) is 0 Å². The van der Waals surface area contributed by atoms with Crippen molar-refractivity contribution in [1.29, 1.82) is 0 Å². The highest BCUT2D eigenvalue weighted by Crippen LogP contribution is 2.17. The summed E-state index contributed by atoms with van der Waals surface area (Å²) in [7, 11) is 0. The second-order valence-electron chi connectivity index (χ2n) is 4.68. The van der Waals surface area contributed by atoms with Crippen LogP contribution < -0.4 is 10.1 Å². The normalized spacial score (nSPS) is 11.7. The number of rotatable bonds is 6. The van der Waals surface area contributed by atoms with Crippen LogP contribution in [-0.2, 0) is 4.79 Å². The molecule has 4 heteroatoms. The lowest BCUT2D eigenvalue weighted by Gasteiger charge is -2.17. The number of benzene rings is 2. The minimum Gasteiger partial charge on any atom is -0.484 e. The van der Waals surface area contributed by atoms with E-state index in [-0.39, 0.29) is 18.6 Å². The predicted octanol–water partition coefficient (Wildman–Crippen LogP) is 4.10. The molecule has 0 aliphatic rings. The Morgan fingerprint density at radius 3 is 2.43 bits per heavy atom. The molecule has 21 heavy (non-hydrogen) atoms. The van der Waals surface area contributed by atoms with Crippen molar-refractivity contribution in [3.8, 4) is 5.75 Å². The monoisotopic (exact) mass is 347 g/mol. The van der Waals surface area contributed by atoms with Gasteiger partial charge < -0.3 is 10.1 Å². The predicted molar refractivity (Wildman–Crippen MR) is 87.3 cm³/mol. The quantitative estimate of drug-likeness (QED) is 0.854. The van der Waals surface area contributed by atoms with E-state index >= 15 is 0 Å². The first kappa shape index (κ1) is 15.6. The Balaban J connectivity index is 1.87. The van der Waals surface area contributed by atoms with Gasteiger partial charge >= 0.3 is 0 Å². The zero-order chi connectivity index (χ0) is 15.1. The summed E-state index contributed by atoms with van der Waals surface area (Å²) >= 11 is 3.36. The molecule has 0 aromatic heterocycles. The first-order valence-electron chi connectivity index (χ1n) is 6.91. The molecule has 0 heterocycles. The van der Waals surface area contributed by atoms with Gasteiger partial charge in [-0.15, -0.1) is 0 Å². The minimum absolute atomic E-state index is 0.0188. The lowest BCUT2D eigenvalue weighted by atomic mass is 10.0. The van der Waals surface area contributed by atoms with Gasteiger partial charge in [-0.1, -0.05) is 53.2 Å². The summed E-state index contributed by atoms with van der Waals surface area (Å²) < 4.78 is 6.45. The standard InChI is InChI=1S/C17H18BrNO2/c1-2-16(13-6-4-3-5-7-13)19-17(20)12-21-15-10-8-14(18)9-11-15/h3-11,16H,2,12H2,1H3,(H,19,20). The molecule has 2 aromatic carbocycles. The fourth-order valence-corrected chi connectivity index (χ4v) is 2.29. The van der Waals surface area contributed by atoms with Crippen LogP contribution in [0, 0.1) is 0 Å². The molecule has 1 amide bonds. The molecule has 0 saturated carbocycles. The fourth-order valence-electron chi connectivity index (χ4n) is 2.02. The van der Waals surface area contributed by atoms with Crippen molar-refractivity contribution >= 4 is 21.8 Å². The summed E-state index contributed by atoms with van der Waals surface area (Å²) in [5.74, 6) is 0.565. The van der Waals surface area contributed by atoms with Crippen LogP contribution in [0.15, 0.2) is 59.1 Å². The van der Waals surface area contributed by atoms with E-state index in [9.17, 15) is 4.79 Å². The van der Waals surface area contributed by atoms with Crippen LogP contribution in [0.4, 0.5) is 0 Å². The molecule has 110 valence electrons. The Labute approximate surface area is 133 Å². The van der Waals surface area contributed by atoms with Crippen molar-refractivity contribution in [2.75, 3.05) is 6.61 Å². The molecule has 2 aromatic rings. The number of halogens is 1. The summed E-state index contributed by atoms with van der Waals surface area (Å²) in [5, 5.41) is 2.99. The van der Waals surface area contributed by atoms with Crippen LogP contribution >= 0.6 is 15.9 Å². The van der Waals surface area contributed by atoms with Crippen LogP contribution in [-0.4, -0.2) is 12.5 Å². The minimum atomic E-state index is -0.117. The summed E-state index contributed by atoms with van der Waals surface area (Å²) in [6.45, 7) is 2.07. The largest absolute Gasteiger partial charge is 0.484 e. The van der Waals surface area contributed by atoms with Gasteiger partial charge in [-0.3, -0.25) is 4.79 Å². The van der Waals surface area contributed by atoms with Gasteiger partial charge in [0.2, 0.25) is 0 Å². The topological polar surface area (TPSA) is 38.3 Å². The van der Waals surface area contributed by atoms with Gasteiger partial charge in [-0.05, 0) is 36.2 Å². The molecular formula is C17H18BrNO2. The number of carbonyl (C=O) groups excluding carboxylic acids is 1. The molecule has 2 rings (SSSR count). The second-order valence-corrected chi connectivity index (χ2v) is 5.60. The van der Waals surface area contributed by atoms with E-state index < -0.39 is 0 Å². The maximum absolute atomic E-state index is 12.0. The first-order chi connectivity index (χ1) is 10.2. The van der Waals surface area contributed by atoms with Crippen LogP contribution in [0.5, 0.6) is 5.75 Å². The van der Waals surface area contributed by atoms with E-state index in [0.717, 1.165) is 16.5 Å². The average Bonchev–Trinajstić information content (AvgIpc) is 2.53. The number of hydrogen-bond acceptors (Lipinski definition) is 2. The van der Waals surface area contributed by atoms with E-state index in [1.807, 2.05) is 61.5 Å². The Morgan fingerprint density at radius 1 is 1.14 bits per heavy atom. The van der Waals surface area contributed by atoms with Gasteiger partial charge in [0, 0.05) is 4.47 Å². The Kier molecular flexibility index (Phi) is 5.81. The Morgan fingerprint density at radius 2 is 1.81 bits per heavy atom. The Bertz CT molecular complexity index is 569. The smallest absolute Gasteiger partial charge is 0.258 e. The van der Waals surface area contributed by atoms with Crippen molar-refractivity contribution < 1.29 is 9.53 Å². The number of nitrogens with one attached hydrogen (secondary N) is 1. The molecule has 1 unspecified atom stereocenters. The summed E-state index contributed by atoms with van der Waals surface area (Å²) in [5.41, 5.74) is 1.11. The molecular weight excluding hydrogens is 330 g/mol. The molecule has 0 saturated heterocycles. The van der Waals surface area contributed by atoms with E-state index in [1.54, 1.807) is 0 Å². The molecule has 3 nitrogen and oxygen atoms in total. The van der Waals surface area contributed by atoms with Crippen molar-refractivity contribution in [3.63, 3.8) is 0 Å². The molecule has 0 aliphatic heterocycles. The van der Waals surface area contributed by atoms with Gasteiger partial charge in [0.1, 0.15) is 5.75 Å². The molecule has 0 aliphatic carbocycles. The maximum atomic E-state index is 12.0. The summed E-state index contributed by atoms with van der Waals surface area (Å²) in [6, 6.07) is 17.4. The van der Waals surface area contributed by atoms with Gasteiger partial charge in [0.15, 0.2) is 6.61 Å². The van der Waals surface area contributed by atoms with Crippen LogP contribution in [0.1, 0.15) is 24.9 Å². The average molecular weight is 348 g/mol. The molecule has 0 fully saturated rings. The molecule has 0 radical (unpaired) electrons. The molecule has 1 atom stereocenters. The number of ether oxygens (including phenoxy) is 1. The van der Waals surface area contributed by atoms with Crippen LogP contribution in [0.25, 0.3) is 0 Å². The molecule has 1 N–H and O–H groups in total. The van der Waals surface area contributed by atoms with Gasteiger partial charge in [0.25, 0.3) is 5.91 Å². The van der Waals surface area contributed by atoms with Crippen LogP contribution in [0.2, 0.25) is 0 Å². The number of hydrogen-bond donors (Lipinski definition) is 1. The van der Waals surface area contributed by atoms with Gasteiger partial charge in [-0.25, -0.2) is 0 Å². The zero-order valence-corrected chi connectivity index (χ0v) is 13.5. The SMILES string of the molecule is CCC(NC(=O)COc1ccc(Br)cc1)c1ccccc1. The van der Waals surface area contributed by atoms with E-state index in [2.05, 4.69) is 21.2 Å². The maximum Gasteiger partial charge on any atom is 0.258 e. The van der Waals surface area contributed by atoms with Gasteiger partial charge in [0.05, 0.1) is 6.04 Å². The van der Waals surface area contributed by atoms with Gasteiger partial charge in [-0.2, -0.15) is 0 Å². The first-order valence-corrected chi connectivity index (χ1v) is 7.71. The van der Waals surface area contributed by atoms with E-state index in [1.165, 1.54) is 0 Å². The van der Waals surface area contributed by atoms with E-state index in [4.69, 9.17) is 4.74 Å². The Hall–Kier alpha value is -1.81.